The Bertz CT molecular complexity index is 2100. The first-order valence-electron chi connectivity index (χ1n) is 14.9. The van der Waals surface area contributed by atoms with Crippen molar-refractivity contribution in [2.24, 2.45) is 0 Å². The van der Waals surface area contributed by atoms with Crippen LogP contribution in [-0.2, 0) is 29.5 Å². The van der Waals surface area contributed by atoms with Crippen molar-refractivity contribution in [1.29, 1.82) is 0 Å². The summed E-state index contributed by atoms with van der Waals surface area (Å²) < 4.78 is 57.0. The van der Waals surface area contributed by atoms with Gasteiger partial charge in [0, 0.05) is 30.1 Å². The molecule has 6 rings (SSSR count). The van der Waals surface area contributed by atoms with Crippen molar-refractivity contribution in [3.05, 3.63) is 107 Å². The molecule has 244 valence electrons. The third-order valence-electron chi connectivity index (χ3n) is 8.62. The minimum Gasteiger partial charge on any atom is -0.497 e. The van der Waals surface area contributed by atoms with Gasteiger partial charge in [-0.05, 0) is 78.9 Å². The maximum absolute atomic E-state index is 14.5. The molecule has 47 heavy (non-hydrogen) atoms. The van der Waals surface area contributed by atoms with Gasteiger partial charge in [0.15, 0.2) is 0 Å². The number of aromatic nitrogens is 3. The van der Waals surface area contributed by atoms with Gasteiger partial charge in [-0.15, -0.1) is 0 Å². The van der Waals surface area contributed by atoms with Crippen LogP contribution in [-0.4, -0.2) is 60.0 Å². The highest BCUT2D eigenvalue weighted by Gasteiger charge is 2.31. The quantitative estimate of drug-likeness (QED) is 0.193. The fraction of sp³-hybridized carbons (Fsp3) is 0.265. The number of aryl methyl sites for hydroxylation is 1. The van der Waals surface area contributed by atoms with Gasteiger partial charge in [-0.3, -0.25) is 4.68 Å². The van der Waals surface area contributed by atoms with Gasteiger partial charge in [0.25, 0.3) is 10.0 Å². The molecule has 1 atom stereocenters. The Hall–Kier alpha value is -5.17. The van der Waals surface area contributed by atoms with Crippen molar-refractivity contribution in [3.63, 3.8) is 0 Å². The zero-order valence-electron chi connectivity index (χ0n) is 26.3. The molecule has 1 aliphatic heterocycles. The van der Waals surface area contributed by atoms with Crippen LogP contribution in [0, 0.1) is 12.9 Å². The first kappa shape index (κ1) is 31.8. The van der Waals surface area contributed by atoms with E-state index in [4.69, 9.17) is 9.47 Å². The molecule has 1 aliphatic rings. The van der Waals surface area contributed by atoms with Gasteiger partial charge in [-0.2, -0.15) is 9.49 Å². The first-order chi connectivity index (χ1) is 22.5. The molecule has 0 saturated carbocycles. The number of anilines is 1. The van der Waals surface area contributed by atoms with Gasteiger partial charge in [0.05, 0.1) is 43.4 Å². The zero-order chi connectivity index (χ0) is 33.5. The topological polar surface area (TPSA) is 127 Å². The molecule has 0 fully saturated rings. The van der Waals surface area contributed by atoms with E-state index in [2.05, 4.69) is 10.1 Å². The van der Waals surface area contributed by atoms with E-state index >= 15 is 0 Å². The second-order valence-corrected chi connectivity index (χ2v) is 13.2. The Kier molecular flexibility index (Phi) is 8.49. The molecular formula is C34H34FN5O6S. The second-order valence-electron chi connectivity index (χ2n) is 11.4. The van der Waals surface area contributed by atoms with Crippen molar-refractivity contribution in [3.8, 4) is 11.5 Å². The van der Waals surface area contributed by atoms with Crippen LogP contribution < -0.4 is 13.8 Å². The van der Waals surface area contributed by atoms with Crippen molar-refractivity contribution < 1.29 is 32.2 Å². The number of pyridine rings is 1. The van der Waals surface area contributed by atoms with E-state index < -0.39 is 22.1 Å². The maximum atomic E-state index is 14.5. The molecule has 0 aliphatic carbocycles. The Morgan fingerprint density at radius 2 is 1.87 bits per heavy atom. The number of rotatable bonds is 9. The third kappa shape index (κ3) is 5.94. The van der Waals surface area contributed by atoms with Gasteiger partial charge in [0.1, 0.15) is 17.3 Å². The number of methoxy groups -OCH3 is 2. The summed E-state index contributed by atoms with van der Waals surface area (Å²) in [6, 6.07) is 18.1. The van der Waals surface area contributed by atoms with E-state index in [1.165, 1.54) is 31.3 Å². The van der Waals surface area contributed by atoms with Crippen molar-refractivity contribution in [2.45, 2.75) is 44.3 Å². The highest BCUT2D eigenvalue weighted by molar-refractivity contribution is 7.92. The number of carbonyl (C=O) groups is 1. The summed E-state index contributed by atoms with van der Waals surface area (Å²) in [6.07, 6.45) is 1.28. The molecule has 0 bridgehead atoms. The number of hydrogen-bond donors (Lipinski definition) is 1. The van der Waals surface area contributed by atoms with Crippen molar-refractivity contribution in [2.75, 3.05) is 25.1 Å². The molecule has 0 spiro atoms. The van der Waals surface area contributed by atoms with Crippen LogP contribution in [0.5, 0.6) is 11.5 Å². The number of hydrogen-bond acceptors (Lipinski definition) is 7. The van der Waals surface area contributed by atoms with E-state index in [9.17, 15) is 22.7 Å². The summed E-state index contributed by atoms with van der Waals surface area (Å²) in [6.45, 7) is 4.23. The number of halogens is 1. The van der Waals surface area contributed by atoms with E-state index in [1.54, 1.807) is 43.5 Å². The molecule has 0 radical (unpaired) electrons. The average Bonchev–Trinajstić information content (AvgIpc) is 3.48. The minimum absolute atomic E-state index is 0.0185. The fourth-order valence-corrected chi connectivity index (χ4v) is 7.77. The molecule has 13 heteroatoms. The fourth-order valence-electron chi connectivity index (χ4n) is 6.14. The molecular weight excluding hydrogens is 625 g/mol. The number of benzene rings is 3. The predicted molar refractivity (Wildman–Crippen MR) is 174 cm³/mol. The van der Waals surface area contributed by atoms with Crippen LogP contribution in [0.2, 0.25) is 0 Å². The van der Waals surface area contributed by atoms with Crippen LogP contribution in [0.25, 0.3) is 10.9 Å². The molecule has 3 aromatic carbocycles. The number of carboxylic acid groups (broad SMARTS) is 1. The zero-order valence-corrected chi connectivity index (χ0v) is 27.2. The number of nitrogens with zero attached hydrogens (tertiary/aromatic N) is 5. The maximum Gasteiger partial charge on any atom is 0.407 e. The van der Waals surface area contributed by atoms with Gasteiger partial charge in [0.2, 0.25) is 5.95 Å². The van der Waals surface area contributed by atoms with Gasteiger partial charge >= 0.3 is 6.09 Å². The normalized spacial score (nSPS) is 13.7. The summed E-state index contributed by atoms with van der Waals surface area (Å²) in [4.78, 5) is 17.1. The highest BCUT2D eigenvalue weighted by Crippen LogP contribution is 2.35. The van der Waals surface area contributed by atoms with Crippen LogP contribution in [0.15, 0.2) is 77.8 Å². The monoisotopic (exact) mass is 659 g/mol. The largest absolute Gasteiger partial charge is 0.497 e. The van der Waals surface area contributed by atoms with Crippen LogP contribution in [0.4, 0.5) is 15.0 Å². The number of ether oxygens (including phenoxy) is 2. The van der Waals surface area contributed by atoms with Gasteiger partial charge in [-0.1, -0.05) is 24.3 Å². The molecule has 1 N–H and O–H groups in total. The lowest BCUT2D eigenvalue weighted by molar-refractivity contribution is 0.139. The first-order valence-corrected chi connectivity index (χ1v) is 16.4. The Morgan fingerprint density at radius 3 is 2.60 bits per heavy atom. The molecule has 1 amide bonds. The summed E-state index contributed by atoms with van der Waals surface area (Å²) in [7, 11) is -1.31. The molecule has 3 heterocycles. The van der Waals surface area contributed by atoms with Gasteiger partial charge in [-0.25, -0.2) is 22.5 Å². The molecule has 11 nitrogen and oxygen atoms in total. The smallest absolute Gasteiger partial charge is 0.407 e. The molecule has 0 saturated heterocycles. The van der Waals surface area contributed by atoms with E-state index in [0.717, 1.165) is 27.1 Å². The predicted octanol–water partition coefficient (Wildman–Crippen LogP) is 5.94. The average molecular weight is 660 g/mol. The van der Waals surface area contributed by atoms with Crippen LogP contribution in [0.1, 0.15) is 40.8 Å². The van der Waals surface area contributed by atoms with Crippen LogP contribution in [0.3, 0.4) is 0 Å². The molecule has 5 aromatic rings. The lowest BCUT2D eigenvalue weighted by Gasteiger charge is -2.30. The van der Waals surface area contributed by atoms with E-state index in [1.807, 2.05) is 29.8 Å². The van der Waals surface area contributed by atoms with E-state index in [0.29, 0.717) is 46.5 Å². The third-order valence-corrected chi connectivity index (χ3v) is 10.5. The standard InChI is InChI=1S/C34H34FN5O6S/c1-21-15-29-25(18-36-40(29)22(2)27-8-5-7-23-13-14-38(34(41)42)20-28(23)27)16-31(21)47(43,44)39(33-10-6-9-32(35)37-33)19-24-11-12-26(45-3)17-30(24)46-4/h5-12,15-18,22H,13-14,19-20H2,1-4H3,(H,41,42)/t22-/m1/s1. The second kappa shape index (κ2) is 12.6. The summed E-state index contributed by atoms with van der Waals surface area (Å²) in [5.74, 6) is 0.0296. The lowest BCUT2D eigenvalue weighted by atomic mass is 9.92. The minimum atomic E-state index is -4.30. The summed E-state index contributed by atoms with van der Waals surface area (Å²) in [5, 5.41) is 14.9. The Balaban J connectivity index is 1.41. The van der Waals surface area contributed by atoms with Crippen molar-refractivity contribution >= 4 is 32.8 Å². The number of amides is 1. The van der Waals surface area contributed by atoms with E-state index in [-0.39, 0.29) is 29.8 Å². The Labute approximate surface area is 271 Å². The number of fused-ring (bicyclic) bond motifs is 2. The number of sulfonamides is 1. The SMILES string of the molecule is COc1ccc(CN(c2cccc(F)n2)S(=O)(=O)c2cc3cnn([C@H](C)c4cccc5c4CN(C(=O)O)CC5)c3cc2C)c(OC)c1. The molecule has 0 unspecified atom stereocenters. The van der Waals surface area contributed by atoms with Crippen LogP contribution >= 0.6 is 0 Å². The van der Waals surface area contributed by atoms with Gasteiger partial charge < -0.3 is 19.5 Å². The highest BCUT2D eigenvalue weighted by atomic mass is 32.2. The van der Waals surface area contributed by atoms with Crippen molar-refractivity contribution in [1.82, 2.24) is 19.7 Å². The summed E-state index contributed by atoms with van der Waals surface area (Å²) in [5.41, 5.74) is 4.71. The summed E-state index contributed by atoms with van der Waals surface area (Å²) >= 11 is 0. The molecule has 2 aromatic heterocycles. The lowest BCUT2D eigenvalue weighted by Crippen LogP contribution is -2.35. The Morgan fingerprint density at radius 1 is 1.09 bits per heavy atom.